The van der Waals surface area contributed by atoms with Crippen molar-refractivity contribution in [1.82, 2.24) is 4.98 Å². The smallest absolute Gasteiger partial charge is 0.123 e. The molecule has 0 aliphatic heterocycles. The number of halogens is 2. The summed E-state index contributed by atoms with van der Waals surface area (Å²) >= 11 is 12.2. The second-order valence-electron chi connectivity index (χ2n) is 3.47. The summed E-state index contributed by atoms with van der Waals surface area (Å²) in [4.78, 5) is 3.94. The molecule has 4 heteroatoms. The van der Waals surface area contributed by atoms with E-state index in [4.69, 9.17) is 28.9 Å². The molecule has 1 aromatic heterocycles. The van der Waals surface area contributed by atoms with Gasteiger partial charge in [0.1, 0.15) is 5.82 Å². The van der Waals surface area contributed by atoms with Crippen LogP contribution in [0, 0.1) is 0 Å². The molecule has 2 rings (SSSR count). The van der Waals surface area contributed by atoms with Crippen molar-refractivity contribution in [3.05, 3.63) is 57.7 Å². The number of nitrogens with two attached hydrogens (primary N) is 1. The van der Waals surface area contributed by atoms with Crippen molar-refractivity contribution in [2.24, 2.45) is 0 Å². The number of benzene rings is 1. The first-order chi connectivity index (χ1) is 7.66. The molecule has 0 amide bonds. The van der Waals surface area contributed by atoms with Crippen LogP contribution in [0.2, 0.25) is 10.0 Å². The number of aromatic nitrogens is 1. The van der Waals surface area contributed by atoms with Crippen LogP contribution >= 0.6 is 23.2 Å². The van der Waals surface area contributed by atoms with Gasteiger partial charge in [0.05, 0.1) is 0 Å². The molecule has 0 atom stereocenters. The second-order valence-corrected chi connectivity index (χ2v) is 4.28. The lowest BCUT2D eigenvalue weighted by molar-refractivity contribution is 1.17. The van der Waals surface area contributed by atoms with Gasteiger partial charge in [0, 0.05) is 22.7 Å². The van der Waals surface area contributed by atoms with E-state index in [0.29, 0.717) is 22.3 Å². The Bertz CT molecular complexity index is 492. The van der Waals surface area contributed by atoms with Gasteiger partial charge in [0.25, 0.3) is 0 Å². The lowest BCUT2D eigenvalue weighted by Crippen LogP contribution is -1.94. The Morgan fingerprint density at radius 3 is 2.44 bits per heavy atom. The van der Waals surface area contributed by atoms with Gasteiger partial charge in [-0.3, -0.25) is 0 Å². The van der Waals surface area contributed by atoms with Gasteiger partial charge in [-0.25, -0.2) is 4.98 Å². The summed E-state index contributed by atoms with van der Waals surface area (Å²) in [5.74, 6) is 0.501. The van der Waals surface area contributed by atoms with E-state index in [-0.39, 0.29) is 0 Å². The van der Waals surface area contributed by atoms with Crippen LogP contribution in [0.4, 0.5) is 5.82 Å². The third-order valence-electron chi connectivity index (χ3n) is 2.29. The summed E-state index contributed by atoms with van der Waals surface area (Å²) in [6.07, 6.45) is 2.33. The fourth-order valence-corrected chi connectivity index (χ4v) is 2.04. The van der Waals surface area contributed by atoms with E-state index >= 15 is 0 Å². The van der Waals surface area contributed by atoms with E-state index < -0.39 is 0 Å². The van der Waals surface area contributed by atoms with Gasteiger partial charge >= 0.3 is 0 Å². The Hall–Kier alpha value is -1.25. The van der Waals surface area contributed by atoms with Crippen molar-refractivity contribution >= 4 is 29.0 Å². The highest BCUT2D eigenvalue weighted by atomic mass is 35.5. The van der Waals surface area contributed by atoms with Crippen LogP contribution in [0.3, 0.4) is 0 Å². The quantitative estimate of drug-likeness (QED) is 0.888. The molecule has 2 N–H and O–H groups in total. The normalized spacial score (nSPS) is 10.4. The van der Waals surface area contributed by atoms with Crippen molar-refractivity contribution in [3.63, 3.8) is 0 Å². The fourth-order valence-electron chi connectivity index (χ4n) is 1.51. The molecule has 0 aliphatic carbocycles. The summed E-state index contributed by atoms with van der Waals surface area (Å²) in [6, 6.07) is 9.20. The molecule has 0 radical (unpaired) electrons. The third kappa shape index (κ3) is 2.46. The van der Waals surface area contributed by atoms with E-state index in [1.54, 1.807) is 6.20 Å². The minimum absolute atomic E-state index is 0.501. The van der Waals surface area contributed by atoms with Crippen LogP contribution in [0.25, 0.3) is 0 Å². The van der Waals surface area contributed by atoms with Crippen molar-refractivity contribution < 1.29 is 0 Å². The second kappa shape index (κ2) is 4.73. The molecule has 16 heavy (non-hydrogen) atoms. The molecule has 1 aromatic carbocycles. The minimum atomic E-state index is 0.501. The van der Waals surface area contributed by atoms with Gasteiger partial charge in [-0.2, -0.15) is 0 Å². The van der Waals surface area contributed by atoms with Crippen LogP contribution in [0.5, 0.6) is 0 Å². The third-order valence-corrected chi connectivity index (χ3v) is 3.00. The summed E-state index contributed by atoms with van der Waals surface area (Å²) < 4.78 is 0. The molecular formula is C12H10Cl2N2. The average Bonchev–Trinajstić information content (AvgIpc) is 2.24. The van der Waals surface area contributed by atoms with E-state index in [0.717, 1.165) is 11.1 Å². The van der Waals surface area contributed by atoms with E-state index in [9.17, 15) is 0 Å². The highest BCUT2D eigenvalue weighted by Gasteiger charge is 2.06. The van der Waals surface area contributed by atoms with E-state index in [1.165, 1.54) is 0 Å². The summed E-state index contributed by atoms with van der Waals surface area (Å²) in [5.41, 5.74) is 7.57. The van der Waals surface area contributed by atoms with Crippen LogP contribution in [-0.4, -0.2) is 4.98 Å². The molecule has 2 nitrogen and oxygen atoms in total. The number of rotatable bonds is 2. The SMILES string of the molecule is Nc1cc(Cc2c(Cl)cccc2Cl)ccn1. The lowest BCUT2D eigenvalue weighted by atomic mass is 10.1. The molecular weight excluding hydrogens is 243 g/mol. The summed E-state index contributed by atoms with van der Waals surface area (Å²) in [6.45, 7) is 0. The fraction of sp³-hybridized carbons (Fsp3) is 0.0833. The highest BCUT2D eigenvalue weighted by molar-refractivity contribution is 6.36. The highest BCUT2D eigenvalue weighted by Crippen LogP contribution is 2.26. The Kier molecular flexibility index (Phi) is 3.32. The number of nitrogen functional groups attached to an aromatic ring is 1. The minimum Gasteiger partial charge on any atom is -0.384 e. The zero-order valence-electron chi connectivity index (χ0n) is 8.45. The largest absolute Gasteiger partial charge is 0.384 e. The van der Waals surface area contributed by atoms with Gasteiger partial charge in [0.2, 0.25) is 0 Å². The Morgan fingerprint density at radius 1 is 1.12 bits per heavy atom. The Morgan fingerprint density at radius 2 is 1.81 bits per heavy atom. The molecule has 0 aliphatic rings. The average molecular weight is 253 g/mol. The van der Waals surface area contributed by atoms with Crippen LogP contribution in [0.1, 0.15) is 11.1 Å². The van der Waals surface area contributed by atoms with Gasteiger partial charge < -0.3 is 5.73 Å². The topological polar surface area (TPSA) is 38.9 Å². The summed E-state index contributed by atoms with van der Waals surface area (Å²) in [7, 11) is 0. The van der Waals surface area contributed by atoms with Gasteiger partial charge in [-0.05, 0) is 35.4 Å². The lowest BCUT2D eigenvalue weighted by Gasteiger charge is -2.07. The molecule has 0 fully saturated rings. The number of hydrogen-bond donors (Lipinski definition) is 1. The molecule has 1 heterocycles. The zero-order valence-corrected chi connectivity index (χ0v) is 9.96. The molecule has 2 aromatic rings. The van der Waals surface area contributed by atoms with E-state index in [2.05, 4.69) is 4.98 Å². The van der Waals surface area contributed by atoms with Crippen molar-refractivity contribution in [3.8, 4) is 0 Å². The van der Waals surface area contributed by atoms with Crippen LogP contribution in [-0.2, 0) is 6.42 Å². The number of pyridine rings is 1. The Balaban J connectivity index is 2.34. The van der Waals surface area contributed by atoms with Crippen LogP contribution in [0.15, 0.2) is 36.5 Å². The first-order valence-electron chi connectivity index (χ1n) is 4.80. The van der Waals surface area contributed by atoms with Crippen LogP contribution < -0.4 is 5.73 Å². The van der Waals surface area contributed by atoms with Gasteiger partial charge in [-0.15, -0.1) is 0 Å². The Labute approximate surface area is 104 Å². The number of nitrogens with zero attached hydrogens (tertiary/aromatic N) is 1. The van der Waals surface area contributed by atoms with Gasteiger partial charge in [0.15, 0.2) is 0 Å². The molecule has 0 spiro atoms. The predicted octanol–water partition coefficient (Wildman–Crippen LogP) is 3.56. The van der Waals surface area contributed by atoms with Crippen molar-refractivity contribution in [2.75, 3.05) is 5.73 Å². The molecule has 0 saturated heterocycles. The van der Waals surface area contributed by atoms with Crippen molar-refractivity contribution in [1.29, 1.82) is 0 Å². The molecule has 0 bridgehead atoms. The summed E-state index contributed by atoms with van der Waals surface area (Å²) in [5, 5.41) is 1.34. The number of anilines is 1. The maximum atomic E-state index is 6.09. The maximum Gasteiger partial charge on any atom is 0.123 e. The standard InChI is InChI=1S/C12H10Cl2N2/c13-10-2-1-3-11(14)9(10)6-8-4-5-16-12(15)7-8/h1-5,7H,6H2,(H2,15,16). The first-order valence-corrected chi connectivity index (χ1v) is 5.55. The molecule has 0 saturated carbocycles. The molecule has 0 unspecified atom stereocenters. The monoisotopic (exact) mass is 252 g/mol. The predicted molar refractivity (Wildman–Crippen MR) is 67.9 cm³/mol. The van der Waals surface area contributed by atoms with Gasteiger partial charge in [-0.1, -0.05) is 29.3 Å². The zero-order chi connectivity index (χ0) is 11.5. The first kappa shape index (κ1) is 11.2. The molecule has 82 valence electrons. The maximum absolute atomic E-state index is 6.09. The van der Waals surface area contributed by atoms with E-state index in [1.807, 2.05) is 30.3 Å². The van der Waals surface area contributed by atoms with Crippen molar-refractivity contribution in [2.45, 2.75) is 6.42 Å². The number of hydrogen-bond acceptors (Lipinski definition) is 2.